The van der Waals surface area contributed by atoms with Gasteiger partial charge in [-0.1, -0.05) is 61.5 Å². The second-order valence-electron chi connectivity index (χ2n) is 10.8. The lowest BCUT2D eigenvalue weighted by molar-refractivity contribution is -0.145. The molecule has 3 heterocycles. The van der Waals surface area contributed by atoms with Crippen molar-refractivity contribution in [2.45, 2.75) is 56.3 Å². The predicted molar refractivity (Wildman–Crippen MR) is 163 cm³/mol. The fourth-order valence-corrected chi connectivity index (χ4v) is 7.14. The van der Waals surface area contributed by atoms with Crippen LogP contribution in [-0.4, -0.2) is 82.6 Å². The molecule has 3 aliphatic rings. The lowest BCUT2D eigenvalue weighted by Crippen LogP contribution is -2.58. The number of hydrogen-bond acceptors (Lipinski definition) is 13. The molecule has 5 N–H and O–H groups in total. The molecule has 1 fully saturated rings. The number of para-hydroxylation sites is 1. The molecule has 0 saturated carbocycles. The molecular formula is C30H35N6O8P. The molecule has 2 aromatic carbocycles. The molecule has 0 radical (unpaired) electrons. The number of nitriles is 1. The van der Waals surface area contributed by atoms with Crippen molar-refractivity contribution in [1.29, 1.82) is 5.26 Å². The Morgan fingerprint density at radius 2 is 1.91 bits per heavy atom. The maximum Gasteiger partial charge on any atom is 0.459 e. The molecule has 15 heteroatoms. The quantitative estimate of drug-likeness (QED) is 0.195. The van der Waals surface area contributed by atoms with E-state index >= 15 is 0 Å². The maximum absolute atomic E-state index is 14.3. The van der Waals surface area contributed by atoms with E-state index in [4.69, 9.17) is 24.3 Å². The Kier molecular flexibility index (Phi) is 9.69. The molecule has 0 amide bonds. The molecule has 238 valence electrons. The SMILES string of the molecule is CCOC(=O)[C@H](Cc1ccccc1)NP(=O)(OC[C@H]1O[C@@](C#N)(C2C(C)C=C3C(N)=NC=NN32)[C@H](O)[C@@H]1O)Oc1ccccc1. The first-order valence-corrected chi connectivity index (χ1v) is 15.9. The number of esters is 1. The van der Waals surface area contributed by atoms with Gasteiger partial charge in [-0.15, -0.1) is 0 Å². The van der Waals surface area contributed by atoms with E-state index in [-0.39, 0.29) is 24.6 Å². The van der Waals surface area contributed by atoms with E-state index in [0.29, 0.717) is 5.70 Å². The number of nitrogens with one attached hydrogen (secondary N) is 1. The van der Waals surface area contributed by atoms with Gasteiger partial charge in [0.05, 0.1) is 18.9 Å². The van der Waals surface area contributed by atoms with Crippen LogP contribution in [0.15, 0.2) is 82.5 Å². The molecule has 0 aliphatic carbocycles. The molecule has 8 atom stereocenters. The first kappa shape index (κ1) is 32.3. The number of amidine groups is 1. The topological polar surface area (TPSA) is 201 Å². The molecule has 3 unspecified atom stereocenters. The van der Waals surface area contributed by atoms with E-state index in [1.807, 2.05) is 12.1 Å². The molecule has 0 spiro atoms. The van der Waals surface area contributed by atoms with E-state index in [2.05, 4.69) is 15.2 Å². The molecule has 2 aromatic rings. The van der Waals surface area contributed by atoms with Crippen LogP contribution in [0, 0.1) is 17.2 Å². The minimum absolute atomic E-state index is 0.0848. The summed E-state index contributed by atoms with van der Waals surface area (Å²) in [6.07, 6.45) is -1.60. The Morgan fingerprint density at radius 1 is 1.22 bits per heavy atom. The Morgan fingerprint density at radius 3 is 2.58 bits per heavy atom. The van der Waals surface area contributed by atoms with E-state index in [9.17, 15) is 24.8 Å². The van der Waals surface area contributed by atoms with Crippen LogP contribution in [0.4, 0.5) is 0 Å². The smallest absolute Gasteiger partial charge is 0.459 e. The van der Waals surface area contributed by atoms with Crippen LogP contribution in [0.5, 0.6) is 5.75 Å². The largest absolute Gasteiger partial charge is 0.465 e. The lowest BCUT2D eigenvalue weighted by Gasteiger charge is -2.38. The first-order valence-electron chi connectivity index (χ1n) is 14.4. The maximum atomic E-state index is 14.3. The van der Waals surface area contributed by atoms with Crippen LogP contribution in [-0.2, 0) is 29.8 Å². The summed E-state index contributed by atoms with van der Waals surface area (Å²) in [4.78, 5) is 17.0. The van der Waals surface area contributed by atoms with Gasteiger partial charge in [-0.05, 0) is 31.0 Å². The average Bonchev–Trinajstić information content (AvgIpc) is 3.50. The summed E-state index contributed by atoms with van der Waals surface area (Å²) in [6.45, 7) is 2.94. The molecule has 0 aromatic heterocycles. The number of benzene rings is 2. The zero-order valence-corrected chi connectivity index (χ0v) is 25.6. The second-order valence-corrected chi connectivity index (χ2v) is 12.5. The van der Waals surface area contributed by atoms with Gasteiger partial charge in [-0.2, -0.15) is 15.5 Å². The van der Waals surface area contributed by atoms with Crippen molar-refractivity contribution < 1.29 is 38.1 Å². The Hall–Kier alpha value is -4.09. The average molecular weight is 639 g/mol. The van der Waals surface area contributed by atoms with Crippen molar-refractivity contribution in [1.82, 2.24) is 10.1 Å². The highest BCUT2D eigenvalue weighted by molar-refractivity contribution is 7.52. The van der Waals surface area contributed by atoms with Gasteiger partial charge in [0.15, 0.2) is 5.84 Å². The van der Waals surface area contributed by atoms with E-state index in [0.717, 1.165) is 5.56 Å². The van der Waals surface area contributed by atoms with Gasteiger partial charge in [0, 0.05) is 5.92 Å². The predicted octanol–water partition coefficient (Wildman–Crippen LogP) is 1.86. The van der Waals surface area contributed by atoms with Gasteiger partial charge in [-0.25, -0.2) is 9.56 Å². The highest BCUT2D eigenvalue weighted by atomic mass is 31.2. The summed E-state index contributed by atoms with van der Waals surface area (Å²) in [5.74, 6) is -0.725. The Labute approximate surface area is 260 Å². The summed E-state index contributed by atoms with van der Waals surface area (Å²) >= 11 is 0. The fourth-order valence-electron chi connectivity index (χ4n) is 5.64. The van der Waals surface area contributed by atoms with Crippen molar-refractivity contribution >= 4 is 25.9 Å². The van der Waals surface area contributed by atoms with Gasteiger partial charge in [0.25, 0.3) is 0 Å². The van der Waals surface area contributed by atoms with Crippen LogP contribution in [0.2, 0.25) is 0 Å². The molecule has 5 rings (SSSR count). The number of ether oxygens (including phenoxy) is 2. The first-order chi connectivity index (χ1) is 21.6. The van der Waals surface area contributed by atoms with Gasteiger partial charge in [0.1, 0.15) is 48.6 Å². The number of hydrogen-bond donors (Lipinski definition) is 4. The zero-order valence-electron chi connectivity index (χ0n) is 24.7. The number of carbonyl (C=O) groups is 1. The van der Waals surface area contributed by atoms with Crippen LogP contribution >= 0.6 is 7.75 Å². The third-order valence-electron chi connectivity index (χ3n) is 7.71. The van der Waals surface area contributed by atoms with Crippen molar-refractivity contribution in [2.24, 2.45) is 21.7 Å². The number of nitrogens with zero attached hydrogens (tertiary/aromatic N) is 4. The minimum atomic E-state index is -4.41. The van der Waals surface area contributed by atoms with Crippen LogP contribution in [0.25, 0.3) is 0 Å². The van der Waals surface area contributed by atoms with Crippen LogP contribution < -0.4 is 15.3 Å². The van der Waals surface area contributed by atoms with Gasteiger partial charge < -0.3 is 29.9 Å². The van der Waals surface area contributed by atoms with Gasteiger partial charge in [0.2, 0.25) is 5.60 Å². The monoisotopic (exact) mass is 638 g/mol. The van der Waals surface area contributed by atoms with Crippen molar-refractivity contribution in [3.63, 3.8) is 0 Å². The van der Waals surface area contributed by atoms with Gasteiger partial charge >= 0.3 is 13.7 Å². The number of aliphatic imine (C=N–C) groups is 1. The molecular weight excluding hydrogens is 603 g/mol. The lowest BCUT2D eigenvalue weighted by atomic mass is 9.82. The standard InChI is InChI=1S/C30H35N6O8P/c1-3-41-29(39)22(15-20-10-6-4-7-11-20)35-45(40,44-21-12-8-5-9-13-21)42-16-24-25(37)27(38)30(17-31,43-24)26-19(2)14-23-28(32)33-18-34-36(23)26/h4-14,18-19,22,24-27,37-38H,3,15-16H2,1-2H3,(H,35,40)(H2,32,33,34)/t19?,22-,24+,25+,26?,27+,30-,45?/m0/s1. The normalized spacial score (nSPS) is 29.1. The number of hydrazone groups is 1. The molecule has 45 heavy (non-hydrogen) atoms. The van der Waals surface area contributed by atoms with Crippen molar-refractivity contribution in [2.75, 3.05) is 13.2 Å². The summed E-state index contributed by atoms with van der Waals surface area (Å²) in [6, 6.07) is 17.2. The van der Waals surface area contributed by atoms with E-state index in [1.54, 1.807) is 74.5 Å². The summed E-state index contributed by atoms with van der Waals surface area (Å²) < 4.78 is 37.2. The van der Waals surface area contributed by atoms with E-state index < -0.39 is 62.2 Å². The van der Waals surface area contributed by atoms with E-state index in [1.165, 1.54) is 11.3 Å². The number of aliphatic hydroxyl groups is 2. The fraction of sp³-hybridized carbons (Fsp3) is 0.400. The summed E-state index contributed by atoms with van der Waals surface area (Å²) in [7, 11) is -4.41. The third kappa shape index (κ3) is 6.64. The van der Waals surface area contributed by atoms with Crippen LogP contribution in [0.1, 0.15) is 19.4 Å². The number of fused-ring (bicyclic) bond motifs is 1. The number of aliphatic hydroxyl groups excluding tert-OH is 2. The molecule has 0 bridgehead atoms. The number of rotatable bonds is 12. The zero-order chi connectivity index (χ0) is 32.2. The third-order valence-corrected chi connectivity index (χ3v) is 9.28. The van der Waals surface area contributed by atoms with Crippen molar-refractivity contribution in [3.05, 3.63) is 78.0 Å². The summed E-state index contributed by atoms with van der Waals surface area (Å²) in [5.41, 5.74) is 5.23. The number of carbonyl (C=O) groups excluding carboxylic acids is 1. The van der Waals surface area contributed by atoms with Gasteiger partial charge in [-0.3, -0.25) is 14.3 Å². The van der Waals surface area contributed by atoms with Crippen LogP contribution in [0.3, 0.4) is 0 Å². The summed E-state index contributed by atoms with van der Waals surface area (Å²) in [5, 5.41) is 41.0. The number of nitrogens with two attached hydrogens (primary N) is 1. The second kappa shape index (κ2) is 13.5. The van der Waals surface area contributed by atoms with Crippen molar-refractivity contribution in [3.8, 4) is 11.8 Å². The molecule has 1 saturated heterocycles. The Balaban J connectivity index is 1.39. The Bertz CT molecular complexity index is 1550. The molecule has 14 nitrogen and oxygen atoms in total. The highest BCUT2D eigenvalue weighted by Crippen LogP contribution is 2.48. The molecule has 3 aliphatic heterocycles. The highest BCUT2D eigenvalue weighted by Gasteiger charge is 2.63. The minimum Gasteiger partial charge on any atom is -0.465 e.